The van der Waals surface area contributed by atoms with Crippen molar-refractivity contribution in [2.45, 2.75) is 25.7 Å². The summed E-state index contributed by atoms with van der Waals surface area (Å²) < 4.78 is 5.16. The Morgan fingerprint density at radius 2 is 2.21 bits per heavy atom. The smallest absolute Gasteiger partial charge is 0.218 e. The van der Waals surface area contributed by atoms with Gasteiger partial charge in [-0.3, -0.25) is 4.79 Å². The Hall–Kier alpha value is -1.62. The van der Waals surface area contributed by atoms with Gasteiger partial charge < -0.3 is 15.8 Å². The van der Waals surface area contributed by atoms with Gasteiger partial charge in [0.15, 0.2) is 0 Å². The molecule has 0 bridgehead atoms. The van der Waals surface area contributed by atoms with Gasteiger partial charge in [-0.05, 0) is 44.0 Å². The van der Waals surface area contributed by atoms with Gasteiger partial charge in [0.1, 0.15) is 11.6 Å². The number of hydrogen-bond acceptors (Lipinski definition) is 5. The van der Waals surface area contributed by atoms with Gasteiger partial charge in [0.25, 0.3) is 0 Å². The zero-order valence-electron chi connectivity index (χ0n) is 11.3. The molecule has 2 rings (SSSR count). The fourth-order valence-corrected chi connectivity index (χ4v) is 2.49. The van der Waals surface area contributed by atoms with E-state index in [2.05, 4.69) is 10.3 Å². The SMILES string of the molecule is COc1nc(N)ccc1CC(=O)CC1CCNCC1. The number of hydrogen-bond donors (Lipinski definition) is 2. The number of nitrogens with two attached hydrogens (primary N) is 1. The molecule has 1 fully saturated rings. The first-order chi connectivity index (χ1) is 9.19. The number of aromatic nitrogens is 1. The van der Waals surface area contributed by atoms with Crippen LogP contribution in [0, 0.1) is 5.92 Å². The second-order valence-electron chi connectivity index (χ2n) is 5.02. The number of ether oxygens (including phenoxy) is 1. The molecule has 1 aromatic rings. The molecule has 0 spiro atoms. The first-order valence-electron chi connectivity index (χ1n) is 6.71. The van der Waals surface area contributed by atoms with E-state index in [1.165, 1.54) is 0 Å². The van der Waals surface area contributed by atoms with Crippen molar-refractivity contribution in [1.82, 2.24) is 10.3 Å². The van der Waals surface area contributed by atoms with Gasteiger partial charge in [-0.15, -0.1) is 0 Å². The van der Waals surface area contributed by atoms with E-state index >= 15 is 0 Å². The van der Waals surface area contributed by atoms with Gasteiger partial charge in [0.2, 0.25) is 5.88 Å². The van der Waals surface area contributed by atoms with Gasteiger partial charge in [-0.25, -0.2) is 0 Å². The lowest BCUT2D eigenvalue weighted by Gasteiger charge is -2.21. The summed E-state index contributed by atoms with van der Waals surface area (Å²) in [7, 11) is 1.54. The normalized spacial score (nSPS) is 16.3. The summed E-state index contributed by atoms with van der Waals surface area (Å²) in [6, 6.07) is 3.52. The predicted molar refractivity (Wildman–Crippen MR) is 74.1 cm³/mol. The van der Waals surface area contributed by atoms with Crippen LogP contribution in [0.15, 0.2) is 12.1 Å². The maximum atomic E-state index is 12.1. The maximum absolute atomic E-state index is 12.1. The van der Waals surface area contributed by atoms with E-state index in [1.54, 1.807) is 13.2 Å². The van der Waals surface area contributed by atoms with Crippen molar-refractivity contribution in [2.75, 3.05) is 25.9 Å². The molecule has 1 aliphatic heterocycles. The third-order valence-corrected chi connectivity index (χ3v) is 3.52. The molecule has 0 unspecified atom stereocenters. The average molecular weight is 263 g/mol. The van der Waals surface area contributed by atoms with Crippen molar-refractivity contribution in [3.05, 3.63) is 17.7 Å². The van der Waals surface area contributed by atoms with Crippen LogP contribution in [0.3, 0.4) is 0 Å². The summed E-state index contributed by atoms with van der Waals surface area (Å²) in [5.74, 6) is 1.63. The number of anilines is 1. The highest BCUT2D eigenvalue weighted by atomic mass is 16.5. The monoisotopic (exact) mass is 263 g/mol. The molecular weight excluding hydrogens is 242 g/mol. The van der Waals surface area contributed by atoms with Crippen LogP contribution in [-0.2, 0) is 11.2 Å². The number of ketones is 1. The molecule has 0 atom stereocenters. The zero-order chi connectivity index (χ0) is 13.7. The number of rotatable bonds is 5. The number of piperidine rings is 1. The summed E-state index contributed by atoms with van der Waals surface area (Å²) in [5.41, 5.74) is 6.42. The molecule has 1 aliphatic rings. The highest BCUT2D eigenvalue weighted by molar-refractivity contribution is 5.81. The minimum absolute atomic E-state index is 0.247. The Bertz CT molecular complexity index is 442. The summed E-state index contributed by atoms with van der Waals surface area (Å²) in [4.78, 5) is 16.2. The average Bonchev–Trinajstić information content (AvgIpc) is 2.42. The van der Waals surface area contributed by atoms with Gasteiger partial charge in [0.05, 0.1) is 7.11 Å². The molecule has 0 radical (unpaired) electrons. The fourth-order valence-electron chi connectivity index (χ4n) is 2.49. The molecule has 3 N–H and O–H groups in total. The lowest BCUT2D eigenvalue weighted by atomic mass is 9.91. The van der Waals surface area contributed by atoms with E-state index in [-0.39, 0.29) is 5.78 Å². The van der Waals surface area contributed by atoms with Crippen LogP contribution in [-0.4, -0.2) is 31.0 Å². The van der Waals surface area contributed by atoms with Gasteiger partial charge >= 0.3 is 0 Å². The van der Waals surface area contributed by atoms with Gasteiger partial charge in [-0.1, -0.05) is 0 Å². The van der Waals surface area contributed by atoms with Crippen LogP contribution in [0.4, 0.5) is 5.82 Å². The number of nitrogens with zero attached hydrogens (tertiary/aromatic N) is 1. The highest BCUT2D eigenvalue weighted by Gasteiger charge is 2.18. The number of pyridine rings is 1. The molecule has 5 heteroatoms. The molecule has 19 heavy (non-hydrogen) atoms. The van der Waals surface area contributed by atoms with Crippen LogP contribution in [0.25, 0.3) is 0 Å². The minimum atomic E-state index is 0.247. The first kappa shape index (κ1) is 13.8. The highest BCUT2D eigenvalue weighted by Crippen LogP contribution is 2.21. The van der Waals surface area contributed by atoms with Crippen LogP contribution in [0.5, 0.6) is 5.88 Å². The number of carbonyl (C=O) groups excluding carboxylic acids is 1. The van der Waals surface area contributed by atoms with Crippen molar-refractivity contribution in [3.8, 4) is 5.88 Å². The Balaban J connectivity index is 1.94. The number of carbonyl (C=O) groups is 1. The topological polar surface area (TPSA) is 77.2 Å². The summed E-state index contributed by atoms with van der Waals surface area (Å²) >= 11 is 0. The van der Waals surface area contributed by atoms with Crippen molar-refractivity contribution in [1.29, 1.82) is 0 Å². The Morgan fingerprint density at radius 3 is 2.89 bits per heavy atom. The number of nitrogen functional groups attached to an aromatic ring is 1. The van der Waals surface area contributed by atoms with Gasteiger partial charge in [-0.2, -0.15) is 4.98 Å². The van der Waals surface area contributed by atoms with Crippen molar-refractivity contribution < 1.29 is 9.53 Å². The summed E-state index contributed by atoms with van der Waals surface area (Å²) in [6.07, 6.45) is 3.20. The number of nitrogens with one attached hydrogen (secondary N) is 1. The van der Waals surface area contributed by atoms with Crippen molar-refractivity contribution >= 4 is 11.6 Å². The van der Waals surface area contributed by atoms with E-state index in [4.69, 9.17) is 10.5 Å². The molecular formula is C14H21N3O2. The second kappa shape index (κ2) is 6.52. The summed E-state index contributed by atoms with van der Waals surface area (Å²) in [5, 5.41) is 3.31. The van der Waals surface area contributed by atoms with Crippen molar-refractivity contribution in [2.24, 2.45) is 5.92 Å². The van der Waals surface area contributed by atoms with E-state index in [0.29, 0.717) is 30.5 Å². The van der Waals surface area contributed by atoms with Gasteiger partial charge in [0, 0.05) is 18.4 Å². The van der Waals surface area contributed by atoms with Crippen LogP contribution in [0.2, 0.25) is 0 Å². The first-order valence-corrected chi connectivity index (χ1v) is 6.71. The summed E-state index contributed by atoms with van der Waals surface area (Å²) in [6.45, 7) is 2.04. The minimum Gasteiger partial charge on any atom is -0.481 e. The van der Waals surface area contributed by atoms with E-state index in [0.717, 1.165) is 31.5 Å². The Morgan fingerprint density at radius 1 is 1.47 bits per heavy atom. The molecule has 0 aliphatic carbocycles. The van der Waals surface area contributed by atoms with Crippen LogP contribution >= 0.6 is 0 Å². The standard InChI is InChI=1S/C14H21N3O2/c1-19-14-11(2-3-13(15)17-14)9-12(18)8-10-4-6-16-7-5-10/h2-3,10,16H,4-9H2,1H3,(H2,15,17). The predicted octanol–water partition coefficient (Wildman–Crippen LogP) is 1.17. The molecule has 1 aromatic heterocycles. The Kier molecular flexibility index (Phi) is 4.74. The molecule has 5 nitrogen and oxygen atoms in total. The number of methoxy groups -OCH3 is 1. The fraction of sp³-hybridized carbons (Fsp3) is 0.571. The number of Topliss-reactive ketones (excluding diaryl/α,β-unsaturated/α-hetero) is 1. The quantitative estimate of drug-likeness (QED) is 0.834. The van der Waals surface area contributed by atoms with Crippen LogP contribution < -0.4 is 15.8 Å². The van der Waals surface area contributed by atoms with Crippen molar-refractivity contribution in [3.63, 3.8) is 0 Å². The lowest BCUT2D eigenvalue weighted by molar-refractivity contribution is -0.119. The lowest BCUT2D eigenvalue weighted by Crippen LogP contribution is -2.29. The van der Waals surface area contributed by atoms with E-state index in [1.807, 2.05) is 6.07 Å². The molecule has 2 heterocycles. The zero-order valence-corrected chi connectivity index (χ0v) is 11.3. The molecule has 1 saturated heterocycles. The third-order valence-electron chi connectivity index (χ3n) is 3.52. The largest absolute Gasteiger partial charge is 0.481 e. The molecule has 0 aromatic carbocycles. The van der Waals surface area contributed by atoms with E-state index < -0.39 is 0 Å². The molecule has 0 saturated carbocycles. The van der Waals surface area contributed by atoms with E-state index in [9.17, 15) is 4.79 Å². The van der Waals surface area contributed by atoms with Crippen LogP contribution in [0.1, 0.15) is 24.8 Å². The molecule has 0 amide bonds. The maximum Gasteiger partial charge on any atom is 0.218 e. The molecule has 104 valence electrons. The second-order valence-corrected chi connectivity index (χ2v) is 5.02. The Labute approximate surface area is 113 Å². The third kappa shape index (κ3) is 3.92.